The molecule has 0 aromatic carbocycles. The Bertz CT molecular complexity index is 257. The van der Waals surface area contributed by atoms with Crippen molar-refractivity contribution in [1.29, 1.82) is 0 Å². The van der Waals surface area contributed by atoms with Crippen LogP contribution in [-0.2, 0) is 9.53 Å². The summed E-state index contributed by atoms with van der Waals surface area (Å²) in [6.45, 7) is 4.06. The lowest BCUT2D eigenvalue weighted by atomic mass is 9.96. The lowest BCUT2D eigenvalue weighted by Gasteiger charge is -2.32. The molecular formula is C12H21NO3. The van der Waals surface area contributed by atoms with Crippen molar-refractivity contribution in [3.63, 3.8) is 0 Å². The Labute approximate surface area is 96.6 Å². The summed E-state index contributed by atoms with van der Waals surface area (Å²) in [5, 5.41) is 9.57. The number of likely N-dealkylation sites (tertiary alicyclic amines) is 1. The van der Waals surface area contributed by atoms with E-state index in [4.69, 9.17) is 4.74 Å². The molecule has 2 unspecified atom stereocenters. The number of carbonyl (C=O) groups is 1. The summed E-state index contributed by atoms with van der Waals surface area (Å²) in [6, 6.07) is 0. The molecule has 4 heteroatoms. The van der Waals surface area contributed by atoms with Crippen LogP contribution in [-0.4, -0.2) is 47.8 Å². The summed E-state index contributed by atoms with van der Waals surface area (Å²) in [6.07, 6.45) is 3.22. The first kappa shape index (κ1) is 11.9. The Morgan fingerprint density at radius 3 is 3.00 bits per heavy atom. The molecule has 0 aromatic rings. The maximum Gasteiger partial charge on any atom is 0.228 e. The van der Waals surface area contributed by atoms with Gasteiger partial charge in [0, 0.05) is 19.7 Å². The summed E-state index contributed by atoms with van der Waals surface area (Å²) in [5.41, 5.74) is 0. The predicted octanol–water partition coefficient (Wildman–Crippen LogP) is 0.785. The van der Waals surface area contributed by atoms with E-state index in [2.05, 4.69) is 6.92 Å². The molecule has 2 rings (SSSR count). The standard InChI is InChI=1S/C12H21NO3/c1-2-11-10(5-7-16-11)12(15)13-6-3-4-9(14)8-13/h9-11,14H,2-8H2,1H3/t9-,10?,11?/m0/s1. The van der Waals surface area contributed by atoms with Gasteiger partial charge in [-0.05, 0) is 25.7 Å². The number of aliphatic hydroxyl groups excluding tert-OH is 1. The lowest BCUT2D eigenvalue weighted by molar-refractivity contribution is -0.140. The molecule has 4 nitrogen and oxygen atoms in total. The topological polar surface area (TPSA) is 49.8 Å². The highest BCUT2D eigenvalue weighted by atomic mass is 16.5. The van der Waals surface area contributed by atoms with Crippen LogP contribution in [0.25, 0.3) is 0 Å². The van der Waals surface area contributed by atoms with Crippen LogP contribution in [0.15, 0.2) is 0 Å². The quantitative estimate of drug-likeness (QED) is 0.758. The molecular weight excluding hydrogens is 206 g/mol. The normalized spacial score (nSPS) is 35.4. The van der Waals surface area contributed by atoms with Crippen LogP contribution in [0.1, 0.15) is 32.6 Å². The number of nitrogens with zero attached hydrogens (tertiary/aromatic N) is 1. The third-order valence-corrected chi connectivity index (χ3v) is 3.64. The Kier molecular flexibility index (Phi) is 3.82. The summed E-state index contributed by atoms with van der Waals surface area (Å²) in [5.74, 6) is 0.207. The summed E-state index contributed by atoms with van der Waals surface area (Å²) in [4.78, 5) is 14.1. The van der Waals surface area contributed by atoms with E-state index in [9.17, 15) is 9.90 Å². The molecule has 1 amide bonds. The van der Waals surface area contributed by atoms with Crippen LogP contribution in [0.3, 0.4) is 0 Å². The second-order valence-corrected chi connectivity index (χ2v) is 4.79. The Morgan fingerprint density at radius 1 is 1.50 bits per heavy atom. The predicted molar refractivity (Wildman–Crippen MR) is 60.0 cm³/mol. The second-order valence-electron chi connectivity index (χ2n) is 4.79. The number of hydrogen-bond acceptors (Lipinski definition) is 3. The Morgan fingerprint density at radius 2 is 2.31 bits per heavy atom. The Hall–Kier alpha value is -0.610. The fourth-order valence-electron chi connectivity index (χ4n) is 2.72. The zero-order valence-electron chi connectivity index (χ0n) is 9.89. The molecule has 92 valence electrons. The van der Waals surface area contributed by atoms with E-state index in [1.165, 1.54) is 0 Å². The van der Waals surface area contributed by atoms with Gasteiger partial charge in [-0.3, -0.25) is 4.79 Å². The van der Waals surface area contributed by atoms with E-state index < -0.39 is 0 Å². The van der Waals surface area contributed by atoms with Crippen molar-refractivity contribution in [1.82, 2.24) is 4.90 Å². The molecule has 2 fully saturated rings. The van der Waals surface area contributed by atoms with Crippen molar-refractivity contribution < 1.29 is 14.6 Å². The zero-order chi connectivity index (χ0) is 11.5. The Balaban J connectivity index is 1.95. The largest absolute Gasteiger partial charge is 0.391 e. The van der Waals surface area contributed by atoms with E-state index in [1.54, 1.807) is 0 Å². The summed E-state index contributed by atoms with van der Waals surface area (Å²) >= 11 is 0. The number of hydrogen-bond donors (Lipinski definition) is 1. The first-order chi connectivity index (χ1) is 7.72. The average Bonchev–Trinajstić information content (AvgIpc) is 2.76. The molecule has 2 aliphatic heterocycles. The van der Waals surface area contributed by atoms with Gasteiger partial charge in [-0.2, -0.15) is 0 Å². The number of aliphatic hydroxyl groups is 1. The van der Waals surface area contributed by atoms with Crippen LogP contribution in [0.2, 0.25) is 0 Å². The molecule has 0 aliphatic carbocycles. The van der Waals surface area contributed by atoms with Gasteiger partial charge in [0.25, 0.3) is 0 Å². The monoisotopic (exact) mass is 227 g/mol. The number of β-amino-alcohol motifs (C(OH)–C–C–N with tert-alkyl or cyclic N) is 1. The number of ether oxygens (including phenoxy) is 1. The third-order valence-electron chi connectivity index (χ3n) is 3.64. The van der Waals surface area contributed by atoms with Crippen molar-refractivity contribution in [3.05, 3.63) is 0 Å². The van der Waals surface area contributed by atoms with Gasteiger partial charge < -0.3 is 14.7 Å². The molecule has 0 radical (unpaired) electrons. The van der Waals surface area contributed by atoms with Crippen LogP contribution >= 0.6 is 0 Å². The third kappa shape index (κ3) is 2.38. The molecule has 1 N–H and O–H groups in total. The lowest BCUT2D eigenvalue weighted by Crippen LogP contribution is -2.46. The van der Waals surface area contributed by atoms with Gasteiger partial charge >= 0.3 is 0 Å². The van der Waals surface area contributed by atoms with Crippen LogP contribution in [0.4, 0.5) is 0 Å². The molecule has 0 saturated carbocycles. The maximum absolute atomic E-state index is 12.3. The molecule has 3 atom stereocenters. The second kappa shape index (κ2) is 5.15. The highest BCUT2D eigenvalue weighted by molar-refractivity contribution is 5.79. The van der Waals surface area contributed by atoms with Crippen molar-refractivity contribution in [3.8, 4) is 0 Å². The fraction of sp³-hybridized carbons (Fsp3) is 0.917. The molecule has 0 bridgehead atoms. The summed E-state index contributed by atoms with van der Waals surface area (Å²) < 4.78 is 5.54. The van der Waals surface area contributed by atoms with Crippen molar-refractivity contribution in [2.45, 2.75) is 44.8 Å². The molecule has 2 saturated heterocycles. The van der Waals surface area contributed by atoms with Crippen LogP contribution in [0, 0.1) is 5.92 Å². The van der Waals surface area contributed by atoms with Gasteiger partial charge in [-0.15, -0.1) is 0 Å². The fourth-order valence-corrected chi connectivity index (χ4v) is 2.72. The van der Waals surface area contributed by atoms with Crippen molar-refractivity contribution in [2.75, 3.05) is 19.7 Å². The van der Waals surface area contributed by atoms with Gasteiger partial charge in [0.15, 0.2) is 0 Å². The highest BCUT2D eigenvalue weighted by Crippen LogP contribution is 2.26. The number of piperidine rings is 1. The molecule has 0 spiro atoms. The number of carbonyl (C=O) groups excluding carboxylic acids is 1. The van der Waals surface area contributed by atoms with Crippen molar-refractivity contribution in [2.24, 2.45) is 5.92 Å². The van der Waals surface area contributed by atoms with E-state index in [-0.39, 0.29) is 24.0 Å². The first-order valence-corrected chi connectivity index (χ1v) is 6.30. The van der Waals surface area contributed by atoms with Crippen LogP contribution in [0.5, 0.6) is 0 Å². The van der Waals surface area contributed by atoms with Gasteiger partial charge in [-0.1, -0.05) is 6.92 Å². The van der Waals surface area contributed by atoms with Crippen LogP contribution < -0.4 is 0 Å². The smallest absolute Gasteiger partial charge is 0.228 e. The van der Waals surface area contributed by atoms with E-state index in [1.807, 2.05) is 4.90 Å². The highest BCUT2D eigenvalue weighted by Gasteiger charge is 2.36. The first-order valence-electron chi connectivity index (χ1n) is 6.30. The van der Waals surface area contributed by atoms with Gasteiger partial charge in [-0.25, -0.2) is 0 Å². The molecule has 2 heterocycles. The summed E-state index contributed by atoms with van der Waals surface area (Å²) in [7, 11) is 0. The SMILES string of the molecule is CCC1OCCC1C(=O)N1CCC[C@H](O)C1. The number of amides is 1. The van der Waals surface area contributed by atoms with Gasteiger partial charge in [0.2, 0.25) is 5.91 Å². The minimum absolute atomic E-state index is 0.0234. The van der Waals surface area contributed by atoms with E-state index in [0.29, 0.717) is 13.2 Å². The minimum atomic E-state index is -0.333. The molecule has 16 heavy (non-hydrogen) atoms. The van der Waals surface area contributed by atoms with Crippen molar-refractivity contribution >= 4 is 5.91 Å². The maximum atomic E-state index is 12.3. The van der Waals surface area contributed by atoms with E-state index in [0.717, 1.165) is 32.2 Å². The minimum Gasteiger partial charge on any atom is -0.391 e. The molecule has 0 aromatic heterocycles. The number of rotatable bonds is 2. The zero-order valence-corrected chi connectivity index (χ0v) is 9.89. The molecule has 2 aliphatic rings. The average molecular weight is 227 g/mol. The van der Waals surface area contributed by atoms with Gasteiger partial charge in [0.1, 0.15) is 0 Å². The van der Waals surface area contributed by atoms with Gasteiger partial charge in [0.05, 0.1) is 18.1 Å². The van der Waals surface area contributed by atoms with E-state index >= 15 is 0 Å².